The van der Waals surface area contributed by atoms with Crippen molar-refractivity contribution >= 4 is 11.6 Å². The molecule has 0 aliphatic carbocycles. The van der Waals surface area contributed by atoms with E-state index in [2.05, 4.69) is 57.2 Å². The molecule has 0 aromatic carbocycles. The summed E-state index contributed by atoms with van der Waals surface area (Å²) in [6.45, 7) is 13.9. The lowest BCUT2D eigenvalue weighted by Crippen LogP contribution is -2.19. The molecule has 0 spiro atoms. The summed E-state index contributed by atoms with van der Waals surface area (Å²) in [4.78, 5) is 9.32. The van der Waals surface area contributed by atoms with Gasteiger partial charge in [-0.1, -0.05) is 34.6 Å². The van der Waals surface area contributed by atoms with Crippen LogP contribution in [0.4, 0.5) is 11.6 Å². The molecule has 1 heterocycles. The molecule has 4 nitrogen and oxygen atoms in total. The highest BCUT2D eigenvalue weighted by atomic mass is 15.1. The highest BCUT2D eigenvalue weighted by Crippen LogP contribution is 2.26. The third-order valence-corrected chi connectivity index (χ3v) is 3.30. The molecule has 0 bridgehead atoms. The zero-order chi connectivity index (χ0) is 15.3. The van der Waals surface area contributed by atoms with E-state index in [4.69, 9.17) is 4.98 Å². The van der Waals surface area contributed by atoms with Crippen LogP contribution < -0.4 is 10.6 Å². The summed E-state index contributed by atoms with van der Waals surface area (Å²) in [5.41, 5.74) is 1.04. The van der Waals surface area contributed by atoms with E-state index in [1.165, 1.54) is 12.8 Å². The first kappa shape index (κ1) is 16.7. The van der Waals surface area contributed by atoms with Gasteiger partial charge in [-0.25, -0.2) is 9.97 Å². The van der Waals surface area contributed by atoms with Crippen LogP contribution in [0, 0.1) is 12.8 Å². The number of nitrogens with zero attached hydrogens (tertiary/aromatic N) is 2. The first-order chi connectivity index (χ1) is 9.25. The van der Waals surface area contributed by atoms with Crippen molar-refractivity contribution in [3.8, 4) is 0 Å². The summed E-state index contributed by atoms with van der Waals surface area (Å²) < 4.78 is 0. The normalized spacial score (nSPS) is 11.8. The molecule has 0 fully saturated rings. The Labute approximate surface area is 123 Å². The Kier molecular flexibility index (Phi) is 5.78. The minimum atomic E-state index is -0.0480. The quantitative estimate of drug-likeness (QED) is 0.773. The predicted molar refractivity (Wildman–Crippen MR) is 87.6 cm³/mol. The summed E-state index contributed by atoms with van der Waals surface area (Å²) in [7, 11) is 1.91. The maximum absolute atomic E-state index is 4.71. The van der Waals surface area contributed by atoms with E-state index in [9.17, 15) is 0 Å². The van der Waals surface area contributed by atoms with Gasteiger partial charge in [0.2, 0.25) is 0 Å². The predicted octanol–water partition coefficient (Wildman–Crippen LogP) is 3.97. The lowest BCUT2D eigenvalue weighted by Gasteiger charge is -2.21. The fourth-order valence-corrected chi connectivity index (χ4v) is 1.98. The second-order valence-corrected chi connectivity index (χ2v) is 6.83. The smallest absolute Gasteiger partial charge is 0.138 e. The van der Waals surface area contributed by atoms with E-state index in [1.807, 2.05) is 7.05 Å². The van der Waals surface area contributed by atoms with Gasteiger partial charge in [0.1, 0.15) is 17.5 Å². The van der Waals surface area contributed by atoms with Crippen molar-refractivity contribution in [3.63, 3.8) is 0 Å². The molecule has 0 saturated heterocycles. The van der Waals surface area contributed by atoms with E-state index >= 15 is 0 Å². The first-order valence-electron chi connectivity index (χ1n) is 7.56. The largest absolute Gasteiger partial charge is 0.373 e. The Morgan fingerprint density at radius 3 is 2.20 bits per heavy atom. The van der Waals surface area contributed by atoms with Crippen LogP contribution in [0.5, 0.6) is 0 Å². The zero-order valence-electron chi connectivity index (χ0n) is 14.1. The van der Waals surface area contributed by atoms with Crippen LogP contribution in [0.1, 0.15) is 58.8 Å². The lowest BCUT2D eigenvalue weighted by molar-refractivity contribution is 0.545. The number of rotatable bonds is 6. The van der Waals surface area contributed by atoms with Gasteiger partial charge in [0, 0.05) is 24.6 Å². The average molecular weight is 278 g/mol. The molecule has 0 radical (unpaired) electrons. The molecule has 20 heavy (non-hydrogen) atoms. The minimum Gasteiger partial charge on any atom is -0.373 e. The fraction of sp³-hybridized carbons (Fsp3) is 0.750. The Morgan fingerprint density at radius 2 is 1.70 bits per heavy atom. The maximum Gasteiger partial charge on any atom is 0.138 e. The maximum atomic E-state index is 4.71. The summed E-state index contributed by atoms with van der Waals surface area (Å²) in [6, 6.07) is 0. The lowest BCUT2D eigenvalue weighted by atomic mass is 9.95. The molecular formula is C16H30N4. The van der Waals surface area contributed by atoms with E-state index in [0.717, 1.165) is 35.5 Å². The molecule has 1 aromatic heterocycles. The first-order valence-corrected chi connectivity index (χ1v) is 7.56. The van der Waals surface area contributed by atoms with Crippen molar-refractivity contribution < 1.29 is 0 Å². The van der Waals surface area contributed by atoms with Gasteiger partial charge in [-0.2, -0.15) is 0 Å². The number of anilines is 2. The monoisotopic (exact) mass is 278 g/mol. The molecule has 114 valence electrons. The number of nitrogens with one attached hydrogen (secondary N) is 2. The molecule has 1 aromatic rings. The van der Waals surface area contributed by atoms with Gasteiger partial charge >= 0.3 is 0 Å². The molecule has 0 atom stereocenters. The second kappa shape index (κ2) is 6.91. The molecular weight excluding hydrogens is 248 g/mol. The van der Waals surface area contributed by atoms with Gasteiger partial charge in [-0.05, 0) is 25.7 Å². The van der Waals surface area contributed by atoms with Crippen molar-refractivity contribution in [1.29, 1.82) is 0 Å². The van der Waals surface area contributed by atoms with Crippen LogP contribution in [0.25, 0.3) is 0 Å². The third kappa shape index (κ3) is 4.66. The molecule has 0 amide bonds. The Bertz CT molecular complexity index is 433. The van der Waals surface area contributed by atoms with E-state index in [0.29, 0.717) is 0 Å². The van der Waals surface area contributed by atoms with Gasteiger partial charge in [-0.3, -0.25) is 0 Å². The topological polar surface area (TPSA) is 49.8 Å². The molecule has 0 aliphatic rings. The van der Waals surface area contributed by atoms with E-state index in [1.54, 1.807) is 0 Å². The molecule has 0 aliphatic heterocycles. The number of hydrogen-bond acceptors (Lipinski definition) is 4. The number of aromatic nitrogens is 2. The third-order valence-electron chi connectivity index (χ3n) is 3.30. The minimum absolute atomic E-state index is 0.0480. The molecule has 4 heteroatoms. The van der Waals surface area contributed by atoms with Crippen molar-refractivity contribution in [1.82, 2.24) is 9.97 Å². The molecule has 2 N–H and O–H groups in total. The van der Waals surface area contributed by atoms with E-state index in [-0.39, 0.29) is 5.41 Å². The van der Waals surface area contributed by atoms with E-state index < -0.39 is 0 Å². The van der Waals surface area contributed by atoms with Crippen LogP contribution >= 0.6 is 0 Å². The second-order valence-electron chi connectivity index (χ2n) is 6.83. The number of hydrogen-bond donors (Lipinski definition) is 2. The van der Waals surface area contributed by atoms with Crippen molar-refractivity contribution in [2.24, 2.45) is 5.92 Å². The van der Waals surface area contributed by atoms with Crippen molar-refractivity contribution in [2.45, 2.75) is 59.8 Å². The average Bonchev–Trinajstić information content (AvgIpc) is 2.34. The van der Waals surface area contributed by atoms with Crippen LogP contribution in [0.2, 0.25) is 0 Å². The Balaban J connectivity index is 2.88. The van der Waals surface area contributed by atoms with Crippen LogP contribution in [-0.4, -0.2) is 23.6 Å². The molecule has 0 saturated carbocycles. The summed E-state index contributed by atoms with van der Waals surface area (Å²) in [5, 5.41) is 6.63. The van der Waals surface area contributed by atoms with Gasteiger partial charge in [0.25, 0.3) is 0 Å². The standard InChI is InChI=1S/C16H30N4/c1-11(2)9-8-10-18-14-12(3)13(17-7)19-15(20-14)16(4,5)6/h11H,8-10H2,1-7H3,(H2,17,18,19,20). The van der Waals surface area contributed by atoms with Gasteiger partial charge < -0.3 is 10.6 Å². The van der Waals surface area contributed by atoms with Crippen molar-refractivity contribution in [2.75, 3.05) is 24.2 Å². The molecule has 1 rings (SSSR count). The SMILES string of the molecule is CNc1nc(C(C)(C)C)nc(NCCCC(C)C)c1C. The van der Waals surface area contributed by atoms with Crippen LogP contribution in [0.3, 0.4) is 0 Å². The molecule has 0 unspecified atom stereocenters. The van der Waals surface area contributed by atoms with Gasteiger partial charge in [0.05, 0.1) is 0 Å². The summed E-state index contributed by atoms with van der Waals surface area (Å²) in [6.07, 6.45) is 2.41. The Hall–Kier alpha value is -1.32. The summed E-state index contributed by atoms with van der Waals surface area (Å²) >= 11 is 0. The summed E-state index contributed by atoms with van der Waals surface area (Å²) in [5.74, 6) is 3.49. The zero-order valence-corrected chi connectivity index (χ0v) is 14.1. The Morgan fingerprint density at radius 1 is 1.10 bits per heavy atom. The highest BCUT2D eigenvalue weighted by molar-refractivity contribution is 5.57. The van der Waals surface area contributed by atoms with Crippen molar-refractivity contribution in [3.05, 3.63) is 11.4 Å². The highest BCUT2D eigenvalue weighted by Gasteiger charge is 2.20. The van der Waals surface area contributed by atoms with Gasteiger partial charge in [0.15, 0.2) is 0 Å². The van der Waals surface area contributed by atoms with Crippen LogP contribution in [0.15, 0.2) is 0 Å². The van der Waals surface area contributed by atoms with Gasteiger partial charge in [-0.15, -0.1) is 0 Å². The van der Waals surface area contributed by atoms with Crippen LogP contribution in [-0.2, 0) is 5.41 Å². The fourth-order valence-electron chi connectivity index (χ4n) is 1.98.